The summed E-state index contributed by atoms with van der Waals surface area (Å²) in [7, 11) is 0. The lowest BCUT2D eigenvalue weighted by atomic mass is 9.85. The van der Waals surface area contributed by atoms with Crippen LogP contribution in [0.15, 0.2) is 54.6 Å². The normalized spacial score (nSPS) is 14.5. The lowest BCUT2D eigenvalue weighted by Gasteiger charge is -2.34. The van der Waals surface area contributed by atoms with E-state index in [1.807, 2.05) is 37.3 Å². The minimum Gasteiger partial charge on any atom is -0.488 e. The van der Waals surface area contributed by atoms with Gasteiger partial charge in [-0.15, -0.1) is 0 Å². The molecule has 2 nitrogen and oxygen atoms in total. The molecular formula is C19H25NO. The van der Waals surface area contributed by atoms with Gasteiger partial charge in [0.05, 0.1) is 0 Å². The van der Waals surface area contributed by atoms with Gasteiger partial charge < -0.3 is 10.5 Å². The molecule has 2 atom stereocenters. The van der Waals surface area contributed by atoms with Crippen LogP contribution in [0.3, 0.4) is 0 Å². The molecule has 0 heterocycles. The summed E-state index contributed by atoms with van der Waals surface area (Å²) in [6.45, 7) is 8.45. The maximum Gasteiger partial charge on any atom is 0.119 e. The van der Waals surface area contributed by atoms with E-state index >= 15 is 0 Å². The molecule has 0 aromatic heterocycles. The maximum absolute atomic E-state index is 6.11. The van der Waals surface area contributed by atoms with Crippen LogP contribution in [-0.2, 0) is 0 Å². The Kier molecular flexibility index (Phi) is 4.69. The predicted molar refractivity (Wildman–Crippen MR) is 89.4 cm³/mol. The Morgan fingerprint density at radius 3 is 1.86 bits per heavy atom. The first kappa shape index (κ1) is 15.6. The highest BCUT2D eigenvalue weighted by atomic mass is 16.5. The van der Waals surface area contributed by atoms with Crippen molar-refractivity contribution in [1.82, 2.24) is 0 Å². The molecular weight excluding hydrogens is 258 g/mol. The largest absolute Gasteiger partial charge is 0.488 e. The van der Waals surface area contributed by atoms with Gasteiger partial charge in [0, 0.05) is 11.5 Å². The fourth-order valence-corrected chi connectivity index (χ4v) is 2.58. The van der Waals surface area contributed by atoms with Crippen molar-refractivity contribution >= 4 is 0 Å². The van der Waals surface area contributed by atoms with Crippen molar-refractivity contribution in [2.24, 2.45) is 11.1 Å². The van der Waals surface area contributed by atoms with Crippen molar-refractivity contribution in [1.29, 1.82) is 0 Å². The molecule has 2 unspecified atom stereocenters. The topological polar surface area (TPSA) is 35.2 Å². The highest BCUT2D eigenvalue weighted by Crippen LogP contribution is 2.28. The first-order chi connectivity index (χ1) is 9.88. The van der Waals surface area contributed by atoms with E-state index < -0.39 is 0 Å². The van der Waals surface area contributed by atoms with Gasteiger partial charge >= 0.3 is 0 Å². The van der Waals surface area contributed by atoms with Crippen molar-refractivity contribution in [3.63, 3.8) is 0 Å². The summed E-state index contributed by atoms with van der Waals surface area (Å²) in [4.78, 5) is 0. The second kappa shape index (κ2) is 6.31. The SMILES string of the molecule is CC(N)C(Oc1ccc(-c2ccccc2)cc1)C(C)(C)C. The zero-order chi connectivity index (χ0) is 15.5. The molecule has 0 aliphatic heterocycles. The molecule has 21 heavy (non-hydrogen) atoms. The lowest BCUT2D eigenvalue weighted by Crippen LogP contribution is -2.45. The van der Waals surface area contributed by atoms with Gasteiger partial charge in [0.15, 0.2) is 0 Å². The van der Waals surface area contributed by atoms with Crippen LogP contribution in [0.5, 0.6) is 5.75 Å². The fraction of sp³-hybridized carbons (Fsp3) is 0.368. The molecule has 0 aliphatic rings. The molecule has 2 aromatic carbocycles. The Hall–Kier alpha value is -1.80. The Morgan fingerprint density at radius 1 is 0.857 bits per heavy atom. The molecule has 0 radical (unpaired) electrons. The first-order valence-electron chi connectivity index (χ1n) is 7.45. The van der Waals surface area contributed by atoms with E-state index in [2.05, 4.69) is 45.0 Å². The summed E-state index contributed by atoms with van der Waals surface area (Å²) in [6.07, 6.45) is -0.0138. The Bertz CT molecular complexity index is 552. The van der Waals surface area contributed by atoms with Gasteiger partial charge in [-0.2, -0.15) is 0 Å². The van der Waals surface area contributed by atoms with Gasteiger partial charge in [0.2, 0.25) is 0 Å². The average Bonchev–Trinajstić information content (AvgIpc) is 2.45. The minimum absolute atomic E-state index is 0.00622. The minimum atomic E-state index is -0.0150. The molecule has 0 bridgehead atoms. The van der Waals surface area contributed by atoms with Gasteiger partial charge in [-0.1, -0.05) is 63.2 Å². The molecule has 0 spiro atoms. The Labute approximate surface area is 127 Å². The van der Waals surface area contributed by atoms with Crippen molar-refractivity contribution in [2.75, 3.05) is 0 Å². The van der Waals surface area contributed by atoms with Gasteiger partial charge in [-0.3, -0.25) is 0 Å². The van der Waals surface area contributed by atoms with E-state index in [0.717, 1.165) is 5.75 Å². The van der Waals surface area contributed by atoms with Crippen LogP contribution in [0.1, 0.15) is 27.7 Å². The summed E-state index contributed by atoms with van der Waals surface area (Å²) >= 11 is 0. The van der Waals surface area contributed by atoms with E-state index in [1.165, 1.54) is 11.1 Å². The average molecular weight is 283 g/mol. The quantitative estimate of drug-likeness (QED) is 0.897. The molecule has 0 saturated heterocycles. The van der Waals surface area contributed by atoms with E-state index in [-0.39, 0.29) is 17.6 Å². The summed E-state index contributed by atoms with van der Waals surface area (Å²) < 4.78 is 6.11. The summed E-state index contributed by atoms with van der Waals surface area (Å²) in [5, 5.41) is 0. The smallest absolute Gasteiger partial charge is 0.119 e. The van der Waals surface area contributed by atoms with Crippen molar-refractivity contribution in [3.05, 3.63) is 54.6 Å². The summed E-state index contributed by atoms with van der Waals surface area (Å²) in [6, 6.07) is 18.5. The molecule has 2 heteroatoms. The van der Waals surface area contributed by atoms with Crippen LogP contribution in [0, 0.1) is 5.41 Å². The second-order valence-corrected chi connectivity index (χ2v) is 6.65. The standard InChI is InChI=1S/C19H25NO/c1-14(20)18(19(2,3)4)21-17-12-10-16(11-13-17)15-8-6-5-7-9-15/h5-14,18H,20H2,1-4H3. The molecule has 2 aromatic rings. The number of hydrogen-bond acceptors (Lipinski definition) is 2. The maximum atomic E-state index is 6.11. The molecule has 112 valence electrons. The third kappa shape index (κ3) is 4.08. The number of nitrogens with two attached hydrogens (primary N) is 1. The van der Waals surface area contributed by atoms with E-state index in [9.17, 15) is 0 Å². The van der Waals surface area contributed by atoms with Crippen LogP contribution in [0.25, 0.3) is 11.1 Å². The second-order valence-electron chi connectivity index (χ2n) is 6.65. The number of hydrogen-bond donors (Lipinski definition) is 1. The molecule has 2 rings (SSSR count). The van der Waals surface area contributed by atoms with Crippen molar-refractivity contribution in [3.8, 4) is 16.9 Å². The van der Waals surface area contributed by atoms with Crippen LogP contribution in [-0.4, -0.2) is 12.1 Å². The van der Waals surface area contributed by atoms with E-state index in [1.54, 1.807) is 0 Å². The van der Waals surface area contributed by atoms with Gasteiger partial charge in [0.25, 0.3) is 0 Å². The Balaban J connectivity index is 2.16. The lowest BCUT2D eigenvalue weighted by molar-refractivity contribution is 0.0684. The molecule has 0 aliphatic carbocycles. The fourth-order valence-electron chi connectivity index (χ4n) is 2.58. The van der Waals surface area contributed by atoms with E-state index in [4.69, 9.17) is 10.5 Å². The third-order valence-electron chi connectivity index (χ3n) is 3.56. The highest BCUT2D eigenvalue weighted by Gasteiger charge is 2.29. The summed E-state index contributed by atoms with van der Waals surface area (Å²) in [5.74, 6) is 0.868. The molecule has 0 amide bonds. The van der Waals surface area contributed by atoms with Crippen molar-refractivity contribution in [2.45, 2.75) is 39.8 Å². The molecule has 0 fully saturated rings. The first-order valence-corrected chi connectivity index (χ1v) is 7.45. The predicted octanol–water partition coefficient (Wildman–Crippen LogP) is 4.49. The van der Waals surface area contributed by atoms with Crippen LogP contribution in [0.2, 0.25) is 0 Å². The molecule has 0 saturated carbocycles. The Morgan fingerprint density at radius 2 is 1.38 bits per heavy atom. The zero-order valence-corrected chi connectivity index (χ0v) is 13.3. The number of benzene rings is 2. The van der Waals surface area contributed by atoms with Crippen molar-refractivity contribution < 1.29 is 4.74 Å². The van der Waals surface area contributed by atoms with Gasteiger partial charge in [-0.05, 0) is 30.2 Å². The van der Waals surface area contributed by atoms with E-state index in [0.29, 0.717) is 0 Å². The monoisotopic (exact) mass is 283 g/mol. The van der Waals surface area contributed by atoms with Crippen LogP contribution in [0.4, 0.5) is 0 Å². The van der Waals surface area contributed by atoms with Gasteiger partial charge in [-0.25, -0.2) is 0 Å². The van der Waals surface area contributed by atoms with Crippen LogP contribution < -0.4 is 10.5 Å². The third-order valence-corrected chi connectivity index (χ3v) is 3.56. The molecule has 2 N–H and O–H groups in total. The zero-order valence-electron chi connectivity index (χ0n) is 13.3. The number of ether oxygens (including phenoxy) is 1. The highest BCUT2D eigenvalue weighted by molar-refractivity contribution is 5.63. The summed E-state index contributed by atoms with van der Waals surface area (Å²) in [5.41, 5.74) is 8.48. The van der Waals surface area contributed by atoms with Crippen LogP contribution >= 0.6 is 0 Å². The number of rotatable bonds is 4. The van der Waals surface area contributed by atoms with Gasteiger partial charge in [0.1, 0.15) is 11.9 Å².